The van der Waals surface area contributed by atoms with Gasteiger partial charge in [0.2, 0.25) is 11.7 Å². The van der Waals surface area contributed by atoms with Crippen molar-refractivity contribution in [2.45, 2.75) is 58.0 Å². The summed E-state index contributed by atoms with van der Waals surface area (Å²) >= 11 is 0. The molecule has 0 aliphatic heterocycles. The van der Waals surface area contributed by atoms with Gasteiger partial charge in [-0.25, -0.2) is 4.79 Å². The standard InChI is InChI=1S/C20H26N4O4/c1-3-13-4-6-14(7-5-13)17-23-18(28-24-17)12(2)21-20(27)22-16-10-8-15(9-11-16)19(25)26/h4-7,12,15-16H,3,8-11H2,1-2H3,(H,25,26)(H2,21,22,27). The van der Waals surface area contributed by atoms with Gasteiger partial charge in [-0.2, -0.15) is 4.98 Å². The smallest absolute Gasteiger partial charge is 0.315 e. The highest BCUT2D eigenvalue weighted by Gasteiger charge is 2.27. The van der Waals surface area contributed by atoms with E-state index >= 15 is 0 Å². The maximum absolute atomic E-state index is 12.2. The second-order valence-corrected chi connectivity index (χ2v) is 7.23. The van der Waals surface area contributed by atoms with Crippen molar-refractivity contribution < 1.29 is 19.2 Å². The van der Waals surface area contributed by atoms with Crippen LogP contribution >= 0.6 is 0 Å². The fourth-order valence-electron chi connectivity index (χ4n) is 3.39. The minimum Gasteiger partial charge on any atom is -0.481 e. The third kappa shape index (κ3) is 4.88. The summed E-state index contributed by atoms with van der Waals surface area (Å²) in [5.74, 6) is -0.241. The summed E-state index contributed by atoms with van der Waals surface area (Å²) in [4.78, 5) is 27.6. The number of hydrogen-bond donors (Lipinski definition) is 3. The van der Waals surface area contributed by atoms with Crippen molar-refractivity contribution in [2.75, 3.05) is 0 Å². The van der Waals surface area contributed by atoms with Crippen LogP contribution in [0, 0.1) is 5.92 Å². The van der Waals surface area contributed by atoms with Crippen molar-refractivity contribution in [2.24, 2.45) is 5.92 Å². The molecule has 1 aliphatic carbocycles. The largest absolute Gasteiger partial charge is 0.481 e. The summed E-state index contributed by atoms with van der Waals surface area (Å²) in [6.07, 6.45) is 3.46. The van der Waals surface area contributed by atoms with Crippen molar-refractivity contribution in [1.82, 2.24) is 20.8 Å². The second-order valence-electron chi connectivity index (χ2n) is 7.23. The highest BCUT2D eigenvalue weighted by atomic mass is 16.5. The first kappa shape index (κ1) is 19.9. The average Bonchev–Trinajstić information content (AvgIpc) is 3.19. The molecule has 28 heavy (non-hydrogen) atoms. The van der Waals surface area contributed by atoms with Crippen LogP contribution in [0.25, 0.3) is 11.4 Å². The van der Waals surface area contributed by atoms with Crippen LogP contribution in [-0.2, 0) is 11.2 Å². The molecule has 1 fully saturated rings. The van der Waals surface area contributed by atoms with E-state index in [0.717, 1.165) is 12.0 Å². The summed E-state index contributed by atoms with van der Waals surface area (Å²) in [7, 11) is 0. The van der Waals surface area contributed by atoms with E-state index in [1.807, 2.05) is 24.3 Å². The Morgan fingerprint density at radius 2 is 1.89 bits per heavy atom. The molecule has 8 nitrogen and oxygen atoms in total. The fourth-order valence-corrected chi connectivity index (χ4v) is 3.39. The Bertz CT molecular complexity index is 810. The molecular formula is C20H26N4O4. The Hall–Kier alpha value is -2.90. The lowest BCUT2D eigenvalue weighted by molar-refractivity contribution is -0.142. The first-order valence-electron chi connectivity index (χ1n) is 9.69. The molecule has 1 aromatic heterocycles. The van der Waals surface area contributed by atoms with Gasteiger partial charge >= 0.3 is 12.0 Å². The highest BCUT2D eigenvalue weighted by Crippen LogP contribution is 2.24. The summed E-state index contributed by atoms with van der Waals surface area (Å²) < 4.78 is 5.30. The molecule has 1 atom stereocenters. The molecule has 0 radical (unpaired) electrons. The quantitative estimate of drug-likeness (QED) is 0.701. The third-order valence-electron chi connectivity index (χ3n) is 5.19. The monoisotopic (exact) mass is 386 g/mol. The van der Waals surface area contributed by atoms with Crippen LogP contribution in [0.5, 0.6) is 0 Å². The number of aliphatic carboxylic acids is 1. The minimum atomic E-state index is -0.756. The van der Waals surface area contributed by atoms with Gasteiger partial charge in [-0.05, 0) is 44.6 Å². The van der Waals surface area contributed by atoms with Gasteiger partial charge in [0.15, 0.2) is 0 Å². The zero-order valence-electron chi connectivity index (χ0n) is 16.1. The molecular weight excluding hydrogens is 360 g/mol. The topological polar surface area (TPSA) is 117 Å². The van der Waals surface area contributed by atoms with Gasteiger partial charge in [0.1, 0.15) is 6.04 Å². The summed E-state index contributed by atoms with van der Waals surface area (Å²) in [5.41, 5.74) is 2.09. The van der Waals surface area contributed by atoms with Crippen LogP contribution < -0.4 is 10.6 Å². The normalized spacial score (nSPS) is 20.4. The van der Waals surface area contributed by atoms with E-state index in [4.69, 9.17) is 9.63 Å². The van der Waals surface area contributed by atoms with Crippen molar-refractivity contribution in [3.05, 3.63) is 35.7 Å². The number of nitrogens with one attached hydrogen (secondary N) is 2. The number of carboxylic acids is 1. The second kappa shape index (κ2) is 8.86. The molecule has 8 heteroatoms. The molecule has 2 aromatic rings. The van der Waals surface area contributed by atoms with Gasteiger partial charge in [0, 0.05) is 11.6 Å². The number of carboxylic acid groups (broad SMARTS) is 1. The number of carbonyl (C=O) groups is 2. The molecule has 1 aliphatic rings. The van der Waals surface area contributed by atoms with E-state index < -0.39 is 12.0 Å². The lowest BCUT2D eigenvalue weighted by Crippen LogP contribution is -2.44. The zero-order chi connectivity index (χ0) is 20.1. The number of nitrogens with zero attached hydrogens (tertiary/aromatic N) is 2. The van der Waals surface area contributed by atoms with E-state index in [9.17, 15) is 9.59 Å². The molecule has 1 unspecified atom stereocenters. The molecule has 3 rings (SSSR count). The lowest BCUT2D eigenvalue weighted by Gasteiger charge is -2.27. The predicted molar refractivity (Wildman–Crippen MR) is 103 cm³/mol. The van der Waals surface area contributed by atoms with Crippen molar-refractivity contribution in [3.8, 4) is 11.4 Å². The van der Waals surface area contributed by atoms with Gasteiger partial charge < -0.3 is 20.3 Å². The molecule has 150 valence electrons. The molecule has 0 spiro atoms. The number of hydrogen-bond acceptors (Lipinski definition) is 5. The molecule has 2 amide bonds. The first-order chi connectivity index (χ1) is 13.5. The molecule has 1 saturated carbocycles. The zero-order valence-corrected chi connectivity index (χ0v) is 16.1. The minimum absolute atomic E-state index is 0.0156. The Labute approximate surface area is 163 Å². The SMILES string of the molecule is CCc1ccc(-c2noc(C(C)NC(=O)NC3CCC(C(=O)O)CC3)n2)cc1. The van der Waals surface area contributed by atoms with E-state index in [1.165, 1.54) is 5.56 Å². The van der Waals surface area contributed by atoms with Crippen molar-refractivity contribution >= 4 is 12.0 Å². The summed E-state index contributed by atoms with van der Waals surface area (Å²) in [6.45, 7) is 3.87. The third-order valence-corrected chi connectivity index (χ3v) is 5.19. The van der Waals surface area contributed by atoms with Crippen molar-refractivity contribution in [1.29, 1.82) is 0 Å². The van der Waals surface area contributed by atoms with Crippen LogP contribution in [0.4, 0.5) is 4.79 Å². The first-order valence-corrected chi connectivity index (χ1v) is 9.69. The van der Waals surface area contributed by atoms with E-state index in [0.29, 0.717) is 37.4 Å². The van der Waals surface area contributed by atoms with Crippen LogP contribution in [0.2, 0.25) is 0 Å². The number of aromatic nitrogens is 2. The Balaban J connectivity index is 1.52. The van der Waals surface area contributed by atoms with E-state index in [-0.39, 0.29) is 18.0 Å². The van der Waals surface area contributed by atoms with Gasteiger partial charge in [-0.1, -0.05) is 36.3 Å². The van der Waals surface area contributed by atoms with Gasteiger partial charge in [-0.15, -0.1) is 0 Å². The van der Waals surface area contributed by atoms with Crippen LogP contribution in [0.3, 0.4) is 0 Å². The van der Waals surface area contributed by atoms with Gasteiger partial charge in [0.25, 0.3) is 0 Å². The van der Waals surface area contributed by atoms with Crippen molar-refractivity contribution in [3.63, 3.8) is 0 Å². The average molecular weight is 386 g/mol. The van der Waals surface area contributed by atoms with Gasteiger partial charge in [0.05, 0.1) is 5.92 Å². The van der Waals surface area contributed by atoms with E-state index in [2.05, 4.69) is 27.7 Å². The number of benzene rings is 1. The fraction of sp³-hybridized carbons (Fsp3) is 0.500. The van der Waals surface area contributed by atoms with Gasteiger partial charge in [-0.3, -0.25) is 4.79 Å². The van der Waals surface area contributed by atoms with Crippen LogP contribution in [-0.4, -0.2) is 33.3 Å². The molecule has 3 N–H and O–H groups in total. The lowest BCUT2D eigenvalue weighted by atomic mass is 9.86. The maximum atomic E-state index is 12.2. The number of urea groups is 1. The number of rotatable bonds is 6. The summed E-state index contributed by atoms with van der Waals surface area (Å²) in [6, 6.07) is 7.18. The molecule has 0 bridgehead atoms. The Morgan fingerprint density at radius 1 is 1.21 bits per heavy atom. The predicted octanol–water partition coefficient (Wildman–Crippen LogP) is 3.30. The summed E-state index contributed by atoms with van der Waals surface area (Å²) in [5, 5.41) is 18.7. The highest BCUT2D eigenvalue weighted by molar-refractivity contribution is 5.74. The van der Waals surface area contributed by atoms with E-state index in [1.54, 1.807) is 6.92 Å². The Morgan fingerprint density at radius 3 is 2.50 bits per heavy atom. The van der Waals surface area contributed by atoms with Crippen LogP contribution in [0.15, 0.2) is 28.8 Å². The number of carbonyl (C=O) groups excluding carboxylic acids is 1. The molecule has 1 aromatic carbocycles. The maximum Gasteiger partial charge on any atom is 0.315 e. The van der Waals surface area contributed by atoms with Crippen LogP contribution in [0.1, 0.15) is 57.0 Å². The number of aryl methyl sites for hydroxylation is 1. The Kier molecular flexibility index (Phi) is 6.28. The number of amides is 2. The molecule has 0 saturated heterocycles. The molecule has 1 heterocycles.